The summed E-state index contributed by atoms with van der Waals surface area (Å²) in [6.45, 7) is 0.321. The molecular formula is C13H13BrN4O. The second kappa shape index (κ2) is 5.87. The van der Waals surface area contributed by atoms with Gasteiger partial charge in [-0.2, -0.15) is 10.4 Å². The van der Waals surface area contributed by atoms with Gasteiger partial charge in [-0.25, -0.2) is 0 Å². The molecule has 0 spiro atoms. The Morgan fingerprint density at radius 3 is 3.00 bits per heavy atom. The maximum atomic E-state index is 10.0. The Hall–Kier alpha value is -1.84. The van der Waals surface area contributed by atoms with Crippen molar-refractivity contribution in [3.05, 3.63) is 46.2 Å². The maximum Gasteiger partial charge on any atom is 0.101 e. The van der Waals surface area contributed by atoms with Gasteiger partial charge in [-0.3, -0.25) is 4.68 Å². The molecule has 0 saturated heterocycles. The predicted octanol–water partition coefficient (Wildman–Crippen LogP) is 2.20. The summed E-state index contributed by atoms with van der Waals surface area (Å²) in [5.74, 6) is 0. The second-order valence-corrected chi connectivity index (χ2v) is 5.06. The number of anilines is 1. The van der Waals surface area contributed by atoms with Gasteiger partial charge in [-0.15, -0.1) is 0 Å². The van der Waals surface area contributed by atoms with Crippen LogP contribution in [0.3, 0.4) is 0 Å². The molecule has 19 heavy (non-hydrogen) atoms. The fraction of sp³-hybridized carbons (Fsp3) is 0.231. The molecule has 1 aromatic carbocycles. The van der Waals surface area contributed by atoms with Crippen LogP contribution in [0.4, 0.5) is 5.69 Å². The quantitative estimate of drug-likeness (QED) is 0.905. The molecule has 98 valence electrons. The Balaban J connectivity index is 2.05. The molecule has 1 atom stereocenters. The molecule has 0 aliphatic rings. The molecule has 0 unspecified atom stereocenters. The molecule has 2 rings (SSSR count). The molecule has 0 fully saturated rings. The minimum absolute atomic E-state index is 0.321. The normalized spacial score (nSPS) is 11.9. The average molecular weight is 321 g/mol. The van der Waals surface area contributed by atoms with E-state index < -0.39 is 6.10 Å². The van der Waals surface area contributed by atoms with E-state index >= 15 is 0 Å². The zero-order chi connectivity index (χ0) is 13.8. The highest BCUT2D eigenvalue weighted by Gasteiger charge is 2.10. The van der Waals surface area contributed by atoms with Crippen molar-refractivity contribution in [2.24, 2.45) is 7.05 Å². The molecule has 1 heterocycles. The number of halogens is 1. The highest BCUT2D eigenvalue weighted by Crippen LogP contribution is 2.21. The lowest BCUT2D eigenvalue weighted by atomic mass is 10.1. The van der Waals surface area contributed by atoms with Crippen molar-refractivity contribution >= 4 is 21.6 Å². The van der Waals surface area contributed by atoms with Gasteiger partial charge in [0.1, 0.15) is 6.07 Å². The lowest BCUT2D eigenvalue weighted by Gasteiger charge is -2.12. The van der Waals surface area contributed by atoms with E-state index in [-0.39, 0.29) is 0 Å². The van der Waals surface area contributed by atoms with Crippen LogP contribution in [0.5, 0.6) is 0 Å². The van der Waals surface area contributed by atoms with Gasteiger partial charge in [0.2, 0.25) is 0 Å². The molecule has 0 saturated carbocycles. The highest BCUT2D eigenvalue weighted by molar-refractivity contribution is 9.10. The molecule has 0 aliphatic carbocycles. The van der Waals surface area contributed by atoms with E-state index in [0.717, 1.165) is 10.0 Å². The number of aliphatic hydroxyl groups excluding tert-OH is 1. The van der Waals surface area contributed by atoms with Crippen LogP contribution < -0.4 is 5.32 Å². The summed E-state index contributed by atoms with van der Waals surface area (Å²) in [6, 6.07) is 7.50. The summed E-state index contributed by atoms with van der Waals surface area (Å²) in [7, 11) is 1.80. The monoisotopic (exact) mass is 320 g/mol. The van der Waals surface area contributed by atoms with Crippen LogP contribution in [-0.2, 0) is 7.05 Å². The van der Waals surface area contributed by atoms with E-state index in [1.54, 1.807) is 36.3 Å². The third-order valence-corrected chi connectivity index (χ3v) is 3.19. The molecule has 0 amide bonds. The minimum atomic E-state index is -0.663. The number of nitrogens with one attached hydrogen (secondary N) is 1. The van der Waals surface area contributed by atoms with Gasteiger partial charge in [0.25, 0.3) is 0 Å². The van der Waals surface area contributed by atoms with Crippen LogP contribution in [-0.4, -0.2) is 21.4 Å². The van der Waals surface area contributed by atoms with Crippen molar-refractivity contribution in [1.82, 2.24) is 9.78 Å². The summed E-state index contributed by atoms with van der Waals surface area (Å²) in [6.07, 6.45) is 2.72. The fourth-order valence-corrected chi connectivity index (χ4v) is 2.06. The Morgan fingerprint density at radius 1 is 1.58 bits per heavy atom. The standard InChI is InChI=1S/C13H13BrN4O/c1-18-8-10(6-17-18)13(19)7-16-12-3-2-11(14)4-9(12)5-15/h2-4,6,8,13,16,19H,7H2,1H3/t13-/m0/s1. The van der Waals surface area contributed by atoms with Crippen molar-refractivity contribution in [2.45, 2.75) is 6.10 Å². The van der Waals surface area contributed by atoms with Crippen molar-refractivity contribution < 1.29 is 5.11 Å². The molecule has 6 heteroatoms. The van der Waals surface area contributed by atoms with Crippen LogP contribution in [0, 0.1) is 11.3 Å². The van der Waals surface area contributed by atoms with Gasteiger partial charge < -0.3 is 10.4 Å². The van der Waals surface area contributed by atoms with E-state index in [2.05, 4.69) is 32.4 Å². The largest absolute Gasteiger partial charge is 0.386 e. The smallest absolute Gasteiger partial charge is 0.101 e. The summed E-state index contributed by atoms with van der Waals surface area (Å²) >= 11 is 3.32. The predicted molar refractivity (Wildman–Crippen MR) is 75.5 cm³/mol. The third kappa shape index (κ3) is 3.34. The number of aryl methyl sites for hydroxylation is 1. The van der Waals surface area contributed by atoms with E-state index in [9.17, 15) is 5.11 Å². The van der Waals surface area contributed by atoms with Crippen LogP contribution in [0.15, 0.2) is 35.1 Å². The van der Waals surface area contributed by atoms with E-state index in [4.69, 9.17) is 5.26 Å². The fourth-order valence-electron chi connectivity index (χ4n) is 1.70. The first-order valence-electron chi connectivity index (χ1n) is 5.70. The summed E-state index contributed by atoms with van der Waals surface area (Å²) < 4.78 is 2.49. The topological polar surface area (TPSA) is 73.9 Å². The van der Waals surface area contributed by atoms with Gasteiger partial charge in [-0.1, -0.05) is 15.9 Å². The van der Waals surface area contributed by atoms with Gasteiger partial charge in [-0.05, 0) is 18.2 Å². The molecular weight excluding hydrogens is 308 g/mol. The Kier molecular flexibility index (Phi) is 4.20. The molecule has 0 bridgehead atoms. The van der Waals surface area contributed by atoms with Gasteiger partial charge in [0.15, 0.2) is 0 Å². The van der Waals surface area contributed by atoms with E-state index in [0.29, 0.717) is 17.8 Å². The summed E-state index contributed by atoms with van der Waals surface area (Å²) in [4.78, 5) is 0. The number of hydrogen-bond acceptors (Lipinski definition) is 4. The van der Waals surface area contributed by atoms with Crippen molar-refractivity contribution in [2.75, 3.05) is 11.9 Å². The maximum absolute atomic E-state index is 10.0. The number of hydrogen-bond donors (Lipinski definition) is 2. The van der Waals surface area contributed by atoms with Crippen molar-refractivity contribution in [3.63, 3.8) is 0 Å². The average Bonchev–Trinajstić information content (AvgIpc) is 2.83. The first-order chi connectivity index (χ1) is 9.10. The molecule has 0 radical (unpaired) electrons. The lowest BCUT2D eigenvalue weighted by molar-refractivity contribution is 0.191. The summed E-state index contributed by atoms with van der Waals surface area (Å²) in [5.41, 5.74) is 1.98. The van der Waals surface area contributed by atoms with Gasteiger partial charge in [0, 0.05) is 29.8 Å². The Labute approximate surface area is 119 Å². The van der Waals surface area contributed by atoms with E-state index in [1.165, 1.54) is 0 Å². The van der Waals surface area contributed by atoms with E-state index in [1.807, 2.05) is 6.07 Å². The van der Waals surface area contributed by atoms with Gasteiger partial charge >= 0.3 is 0 Å². The second-order valence-electron chi connectivity index (χ2n) is 4.15. The molecule has 2 aromatic rings. The Bertz CT molecular complexity index is 617. The SMILES string of the molecule is Cn1cc([C@@H](O)CNc2ccc(Br)cc2C#N)cn1. The first-order valence-corrected chi connectivity index (χ1v) is 6.49. The van der Waals surface area contributed by atoms with Crippen LogP contribution in [0.1, 0.15) is 17.2 Å². The Morgan fingerprint density at radius 2 is 2.37 bits per heavy atom. The molecule has 1 aromatic heterocycles. The minimum Gasteiger partial charge on any atom is -0.386 e. The number of nitrogens with zero attached hydrogens (tertiary/aromatic N) is 3. The molecule has 5 nitrogen and oxygen atoms in total. The first kappa shape index (κ1) is 13.6. The zero-order valence-corrected chi connectivity index (χ0v) is 11.9. The number of aromatic nitrogens is 2. The van der Waals surface area contributed by atoms with Crippen LogP contribution >= 0.6 is 15.9 Å². The van der Waals surface area contributed by atoms with Crippen molar-refractivity contribution in [3.8, 4) is 6.07 Å². The van der Waals surface area contributed by atoms with Crippen LogP contribution in [0.25, 0.3) is 0 Å². The highest BCUT2D eigenvalue weighted by atomic mass is 79.9. The lowest BCUT2D eigenvalue weighted by Crippen LogP contribution is -2.12. The van der Waals surface area contributed by atoms with Gasteiger partial charge in [0.05, 0.1) is 23.6 Å². The number of benzene rings is 1. The molecule has 0 aliphatic heterocycles. The van der Waals surface area contributed by atoms with Crippen LogP contribution in [0.2, 0.25) is 0 Å². The van der Waals surface area contributed by atoms with Crippen molar-refractivity contribution in [1.29, 1.82) is 5.26 Å². The summed E-state index contributed by atoms with van der Waals surface area (Å²) in [5, 5.41) is 26.1. The number of aliphatic hydroxyl groups is 1. The third-order valence-electron chi connectivity index (χ3n) is 2.70. The number of nitriles is 1. The molecule has 2 N–H and O–H groups in total. The number of rotatable bonds is 4. The zero-order valence-electron chi connectivity index (χ0n) is 10.3.